The van der Waals surface area contributed by atoms with Gasteiger partial charge in [-0.1, -0.05) is 36.4 Å². The molecule has 0 aliphatic carbocycles. The van der Waals surface area contributed by atoms with E-state index in [0.29, 0.717) is 18.0 Å². The van der Waals surface area contributed by atoms with Crippen LogP contribution in [0.3, 0.4) is 0 Å². The van der Waals surface area contributed by atoms with Crippen molar-refractivity contribution >= 4 is 34.9 Å². The summed E-state index contributed by atoms with van der Waals surface area (Å²) in [6.45, 7) is 0.338. The van der Waals surface area contributed by atoms with Crippen LogP contribution >= 0.6 is 12.2 Å². The second kappa shape index (κ2) is 11.7. The molecular formula is C21H24N2O4S. The van der Waals surface area contributed by atoms with Crippen molar-refractivity contribution in [2.45, 2.75) is 25.7 Å². The number of ether oxygens (including phenoxy) is 2. The Hall–Kier alpha value is -2.93. The maximum Gasteiger partial charge on any atom is 0.306 e. The van der Waals surface area contributed by atoms with Crippen molar-refractivity contribution < 1.29 is 19.1 Å². The van der Waals surface area contributed by atoms with E-state index < -0.39 is 5.97 Å². The van der Waals surface area contributed by atoms with E-state index in [1.807, 2.05) is 30.3 Å². The molecule has 0 aromatic heterocycles. The van der Waals surface area contributed by atoms with E-state index in [4.69, 9.17) is 21.7 Å². The predicted octanol–water partition coefficient (Wildman–Crippen LogP) is 3.46. The van der Waals surface area contributed by atoms with Crippen LogP contribution in [0.5, 0.6) is 5.75 Å². The van der Waals surface area contributed by atoms with Gasteiger partial charge in [0.05, 0.1) is 20.1 Å². The molecule has 0 aliphatic rings. The molecule has 0 saturated carbocycles. The minimum absolute atomic E-state index is 0.0114. The minimum atomic E-state index is -0.394. The Morgan fingerprint density at radius 3 is 2.57 bits per heavy atom. The van der Waals surface area contributed by atoms with Crippen molar-refractivity contribution in [3.63, 3.8) is 0 Å². The van der Waals surface area contributed by atoms with Crippen LogP contribution in [0.25, 0.3) is 0 Å². The third-order valence-corrected chi connectivity index (χ3v) is 4.06. The van der Waals surface area contributed by atoms with Crippen molar-refractivity contribution in [3.8, 4) is 5.75 Å². The normalized spacial score (nSPS) is 10.0. The molecule has 148 valence electrons. The lowest BCUT2D eigenvalue weighted by Crippen LogP contribution is -2.34. The maximum atomic E-state index is 11.9. The summed E-state index contributed by atoms with van der Waals surface area (Å²) in [6.07, 6.45) is 1.62. The van der Waals surface area contributed by atoms with Gasteiger partial charge in [0, 0.05) is 18.2 Å². The van der Waals surface area contributed by atoms with E-state index in [1.54, 1.807) is 31.4 Å². The molecule has 0 fully saturated rings. The number of carbonyl (C=O) groups is 2. The Morgan fingerprint density at radius 1 is 1.04 bits per heavy atom. The minimum Gasteiger partial charge on any atom is -0.497 e. The molecule has 0 aliphatic heterocycles. The van der Waals surface area contributed by atoms with Crippen molar-refractivity contribution in [2.75, 3.05) is 19.0 Å². The number of esters is 1. The lowest BCUT2D eigenvalue weighted by molar-refractivity contribution is -0.145. The topological polar surface area (TPSA) is 76.7 Å². The number of thiocarbonyl (C=S) groups is 1. The zero-order chi connectivity index (χ0) is 20.2. The van der Waals surface area contributed by atoms with Gasteiger partial charge >= 0.3 is 5.97 Å². The van der Waals surface area contributed by atoms with Crippen molar-refractivity contribution in [1.29, 1.82) is 0 Å². The van der Waals surface area contributed by atoms with Gasteiger partial charge in [0.2, 0.25) is 5.91 Å². The number of amides is 1. The van der Waals surface area contributed by atoms with Gasteiger partial charge in [-0.3, -0.25) is 9.59 Å². The van der Waals surface area contributed by atoms with Crippen molar-refractivity contribution in [1.82, 2.24) is 5.32 Å². The van der Waals surface area contributed by atoms with Gasteiger partial charge in [0.25, 0.3) is 0 Å². The Balaban J connectivity index is 1.60. The molecule has 6 nitrogen and oxygen atoms in total. The average Bonchev–Trinajstić information content (AvgIpc) is 2.70. The SMILES string of the molecule is COc1cccc(NC(=S)NC(=O)CCC(=O)OCCCc2ccccc2)c1. The monoisotopic (exact) mass is 400 g/mol. The van der Waals surface area contributed by atoms with Gasteiger partial charge in [-0.25, -0.2) is 0 Å². The van der Waals surface area contributed by atoms with Gasteiger partial charge in [0.1, 0.15) is 5.75 Å². The first-order chi connectivity index (χ1) is 13.6. The van der Waals surface area contributed by atoms with Crippen molar-refractivity contribution in [3.05, 3.63) is 60.2 Å². The zero-order valence-electron chi connectivity index (χ0n) is 15.8. The van der Waals surface area contributed by atoms with Crippen LogP contribution in [0, 0.1) is 0 Å². The Kier molecular flexibility index (Phi) is 8.94. The molecule has 2 aromatic rings. The van der Waals surface area contributed by atoms with Crippen LogP contribution in [-0.2, 0) is 20.7 Å². The number of benzene rings is 2. The number of methoxy groups -OCH3 is 1. The lowest BCUT2D eigenvalue weighted by Gasteiger charge is -2.10. The van der Waals surface area contributed by atoms with Gasteiger partial charge < -0.3 is 20.1 Å². The molecule has 0 heterocycles. The zero-order valence-corrected chi connectivity index (χ0v) is 16.6. The van der Waals surface area contributed by atoms with Gasteiger partial charge in [-0.2, -0.15) is 0 Å². The fourth-order valence-corrected chi connectivity index (χ4v) is 2.68. The number of rotatable bonds is 9. The fraction of sp³-hybridized carbons (Fsp3) is 0.286. The highest BCUT2D eigenvalue weighted by atomic mass is 32.1. The highest BCUT2D eigenvalue weighted by Crippen LogP contribution is 2.16. The molecule has 0 saturated heterocycles. The summed E-state index contributed by atoms with van der Waals surface area (Å²) in [5.74, 6) is -0.0642. The Labute approximate surface area is 170 Å². The Bertz CT molecular complexity index is 796. The fourth-order valence-electron chi connectivity index (χ4n) is 2.45. The van der Waals surface area contributed by atoms with E-state index >= 15 is 0 Å². The second-order valence-electron chi connectivity index (χ2n) is 6.04. The third-order valence-electron chi connectivity index (χ3n) is 3.85. The summed E-state index contributed by atoms with van der Waals surface area (Å²) in [4.78, 5) is 23.7. The summed E-state index contributed by atoms with van der Waals surface area (Å²) >= 11 is 5.10. The standard InChI is InChI=1S/C21H24N2O4S/c1-26-18-11-5-10-17(15-18)22-21(28)23-19(24)12-13-20(25)27-14-6-9-16-7-3-2-4-8-16/h2-5,7-8,10-11,15H,6,9,12-14H2,1H3,(H2,22,23,24,28). The first-order valence-corrected chi connectivity index (χ1v) is 9.42. The lowest BCUT2D eigenvalue weighted by atomic mass is 10.1. The van der Waals surface area contributed by atoms with Crippen LogP contribution < -0.4 is 15.4 Å². The van der Waals surface area contributed by atoms with E-state index in [9.17, 15) is 9.59 Å². The number of hydrogen-bond donors (Lipinski definition) is 2. The van der Waals surface area contributed by atoms with Crippen molar-refractivity contribution in [2.24, 2.45) is 0 Å². The molecule has 0 spiro atoms. The molecule has 2 rings (SSSR count). The van der Waals surface area contributed by atoms with Gasteiger partial charge in [-0.05, 0) is 42.8 Å². The average molecular weight is 401 g/mol. The largest absolute Gasteiger partial charge is 0.497 e. The third kappa shape index (κ3) is 8.18. The molecule has 0 atom stereocenters. The molecule has 0 unspecified atom stereocenters. The van der Waals surface area contributed by atoms with Crippen LogP contribution in [0.4, 0.5) is 5.69 Å². The van der Waals surface area contributed by atoms with E-state index in [2.05, 4.69) is 10.6 Å². The van der Waals surface area contributed by atoms with Gasteiger partial charge in [0.15, 0.2) is 5.11 Å². The molecule has 7 heteroatoms. The molecule has 28 heavy (non-hydrogen) atoms. The van der Waals surface area contributed by atoms with E-state index in [-0.39, 0.29) is 23.9 Å². The summed E-state index contributed by atoms with van der Waals surface area (Å²) < 4.78 is 10.3. The number of carbonyl (C=O) groups excluding carboxylic acids is 2. The molecule has 0 radical (unpaired) electrons. The van der Waals surface area contributed by atoms with E-state index in [0.717, 1.165) is 12.8 Å². The summed E-state index contributed by atoms with van der Waals surface area (Å²) in [6, 6.07) is 17.2. The highest BCUT2D eigenvalue weighted by molar-refractivity contribution is 7.80. The van der Waals surface area contributed by atoms with Crippen LogP contribution in [0.15, 0.2) is 54.6 Å². The molecule has 2 N–H and O–H groups in total. The smallest absolute Gasteiger partial charge is 0.306 e. The molecule has 2 aromatic carbocycles. The first-order valence-electron chi connectivity index (χ1n) is 9.01. The summed E-state index contributed by atoms with van der Waals surface area (Å²) in [7, 11) is 1.57. The number of hydrogen-bond acceptors (Lipinski definition) is 5. The second-order valence-corrected chi connectivity index (χ2v) is 6.45. The van der Waals surface area contributed by atoms with Crippen LogP contribution in [0.1, 0.15) is 24.8 Å². The molecule has 0 bridgehead atoms. The van der Waals surface area contributed by atoms with E-state index in [1.165, 1.54) is 5.56 Å². The molecular weight excluding hydrogens is 376 g/mol. The van der Waals surface area contributed by atoms with Crippen LogP contribution in [0.2, 0.25) is 0 Å². The number of anilines is 1. The highest BCUT2D eigenvalue weighted by Gasteiger charge is 2.10. The summed E-state index contributed by atoms with van der Waals surface area (Å²) in [5, 5.41) is 5.60. The Morgan fingerprint density at radius 2 is 1.82 bits per heavy atom. The quantitative estimate of drug-likeness (QED) is 0.381. The number of aryl methyl sites for hydroxylation is 1. The summed E-state index contributed by atoms with van der Waals surface area (Å²) in [5.41, 5.74) is 1.90. The predicted molar refractivity (Wildman–Crippen MR) is 112 cm³/mol. The molecule has 1 amide bonds. The number of nitrogens with one attached hydrogen (secondary N) is 2. The maximum absolute atomic E-state index is 11.9. The van der Waals surface area contributed by atoms with Gasteiger partial charge in [-0.15, -0.1) is 0 Å². The first kappa shape index (κ1) is 21.4. The van der Waals surface area contributed by atoms with Crippen LogP contribution in [-0.4, -0.2) is 30.7 Å².